The number of halogens is 2. The van der Waals surface area contributed by atoms with Crippen LogP contribution in [0.3, 0.4) is 0 Å². The minimum Gasteiger partial charge on any atom is -0.496 e. The van der Waals surface area contributed by atoms with Crippen molar-refractivity contribution in [3.05, 3.63) is 47.1 Å². The van der Waals surface area contributed by atoms with Crippen molar-refractivity contribution in [3.63, 3.8) is 0 Å². The summed E-state index contributed by atoms with van der Waals surface area (Å²) >= 11 is 13.3. The van der Waals surface area contributed by atoms with E-state index in [1.165, 1.54) is 20.3 Å². The predicted octanol–water partition coefficient (Wildman–Crippen LogP) is 5.65. The van der Waals surface area contributed by atoms with Crippen LogP contribution in [-0.4, -0.2) is 49.3 Å². The highest BCUT2D eigenvalue weighted by Crippen LogP contribution is 2.49. The standard InChI is InChI=1S/C26H28Cl2N4O4/c1-5-22(33)30-16-8-6-7-9-17(16)31-26-29-13-14-10-15(19(34-2)11-18(14)32-26)23-24(27)20(35-3)12-21(36-4)25(23)28/h5,10-13,16-17H,1,6-9H2,2-4H3,(H,30,33)(H,29,31,32). The number of ether oxygens (including phenoxy) is 3. The van der Waals surface area contributed by atoms with Crippen molar-refractivity contribution in [2.75, 3.05) is 26.6 Å². The highest BCUT2D eigenvalue weighted by molar-refractivity contribution is 6.41. The van der Waals surface area contributed by atoms with Gasteiger partial charge < -0.3 is 24.8 Å². The summed E-state index contributed by atoms with van der Waals surface area (Å²) in [6, 6.07) is 5.32. The quantitative estimate of drug-likeness (QED) is 0.363. The summed E-state index contributed by atoms with van der Waals surface area (Å²) in [5.41, 5.74) is 1.86. The van der Waals surface area contributed by atoms with E-state index < -0.39 is 0 Å². The minimum absolute atomic E-state index is 0.0168. The summed E-state index contributed by atoms with van der Waals surface area (Å²) in [7, 11) is 4.62. The summed E-state index contributed by atoms with van der Waals surface area (Å²) in [5, 5.41) is 7.85. The first-order chi connectivity index (χ1) is 17.4. The van der Waals surface area contributed by atoms with Gasteiger partial charge >= 0.3 is 0 Å². The highest BCUT2D eigenvalue weighted by Gasteiger charge is 2.27. The summed E-state index contributed by atoms with van der Waals surface area (Å²) in [6.45, 7) is 3.55. The van der Waals surface area contributed by atoms with Crippen LogP contribution in [-0.2, 0) is 4.79 Å². The Morgan fingerprint density at radius 1 is 1.00 bits per heavy atom. The van der Waals surface area contributed by atoms with Gasteiger partial charge in [-0.1, -0.05) is 42.6 Å². The molecule has 2 atom stereocenters. The lowest BCUT2D eigenvalue weighted by atomic mass is 9.90. The molecule has 2 unspecified atom stereocenters. The molecule has 0 saturated heterocycles. The molecule has 1 aliphatic carbocycles. The van der Waals surface area contributed by atoms with Crippen molar-refractivity contribution in [2.45, 2.75) is 37.8 Å². The number of methoxy groups -OCH3 is 3. The van der Waals surface area contributed by atoms with Crippen molar-refractivity contribution in [1.29, 1.82) is 0 Å². The van der Waals surface area contributed by atoms with Gasteiger partial charge in [0.15, 0.2) is 0 Å². The molecule has 0 radical (unpaired) electrons. The van der Waals surface area contributed by atoms with E-state index >= 15 is 0 Å². The van der Waals surface area contributed by atoms with E-state index in [-0.39, 0.29) is 18.0 Å². The van der Waals surface area contributed by atoms with Gasteiger partial charge in [0.25, 0.3) is 0 Å². The molecule has 10 heteroatoms. The third-order valence-electron chi connectivity index (χ3n) is 6.34. The molecule has 190 valence electrons. The third-order valence-corrected chi connectivity index (χ3v) is 7.09. The first-order valence-electron chi connectivity index (χ1n) is 11.5. The van der Waals surface area contributed by atoms with Gasteiger partial charge in [-0.05, 0) is 25.0 Å². The van der Waals surface area contributed by atoms with Gasteiger partial charge in [0, 0.05) is 46.9 Å². The molecule has 1 aliphatic rings. The molecule has 0 bridgehead atoms. The molecular formula is C26H28Cl2N4O4. The molecule has 2 aromatic carbocycles. The second-order valence-electron chi connectivity index (χ2n) is 8.44. The summed E-state index contributed by atoms with van der Waals surface area (Å²) in [4.78, 5) is 21.1. The van der Waals surface area contributed by atoms with Crippen molar-refractivity contribution in [1.82, 2.24) is 15.3 Å². The zero-order valence-corrected chi connectivity index (χ0v) is 21.9. The topological polar surface area (TPSA) is 94.6 Å². The normalized spacial score (nSPS) is 17.4. The molecule has 1 fully saturated rings. The lowest BCUT2D eigenvalue weighted by molar-refractivity contribution is -0.117. The molecule has 1 heterocycles. The lowest BCUT2D eigenvalue weighted by Crippen LogP contribution is -2.48. The van der Waals surface area contributed by atoms with E-state index in [0.717, 1.165) is 31.1 Å². The number of aromatic nitrogens is 2. The maximum Gasteiger partial charge on any atom is 0.243 e. The molecule has 1 aromatic heterocycles. The van der Waals surface area contributed by atoms with Crippen molar-refractivity contribution < 1.29 is 19.0 Å². The number of fused-ring (bicyclic) bond motifs is 1. The molecular weight excluding hydrogens is 503 g/mol. The van der Waals surface area contributed by atoms with Crippen LogP contribution >= 0.6 is 23.2 Å². The molecule has 2 N–H and O–H groups in total. The minimum atomic E-state index is -0.183. The van der Waals surface area contributed by atoms with Crippen LogP contribution in [0.25, 0.3) is 22.0 Å². The monoisotopic (exact) mass is 530 g/mol. The van der Waals surface area contributed by atoms with Gasteiger partial charge in [-0.15, -0.1) is 0 Å². The number of hydrogen-bond donors (Lipinski definition) is 2. The second kappa shape index (κ2) is 11.2. The molecule has 8 nitrogen and oxygen atoms in total. The van der Waals surface area contributed by atoms with Crippen molar-refractivity contribution in [3.8, 4) is 28.4 Å². The van der Waals surface area contributed by atoms with Crippen LogP contribution in [0.5, 0.6) is 17.2 Å². The summed E-state index contributed by atoms with van der Waals surface area (Å²) < 4.78 is 16.5. The molecule has 36 heavy (non-hydrogen) atoms. The highest BCUT2D eigenvalue weighted by atomic mass is 35.5. The molecule has 4 rings (SSSR count). The van der Waals surface area contributed by atoms with E-state index in [9.17, 15) is 4.79 Å². The number of anilines is 1. The first-order valence-corrected chi connectivity index (χ1v) is 12.3. The van der Waals surface area contributed by atoms with Gasteiger partial charge in [0.1, 0.15) is 17.2 Å². The fraction of sp³-hybridized carbons (Fsp3) is 0.346. The zero-order valence-electron chi connectivity index (χ0n) is 20.4. The zero-order chi connectivity index (χ0) is 25.8. The van der Waals surface area contributed by atoms with Gasteiger partial charge in [-0.2, -0.15) is 0 Å². The maximum absolute atomic E-state index is 11.9. The van der Waals surface area contributed by atoms with Crippen LogP contribution in [0.2, 0.25) is 10.0 Å². The number of carbonyl (C=O) groups is 1. The number of nitrogens with one attached hydrogen (secondary N) is 2. The predicted molar refractivity (Wildman–Crippen MR) is 143 cm³/mol. The maximum atomic E-state index is 11.9. The molecule has 1 saturated carbocycles. The lowest BCUT2D eigenvalue weighted by Gasteiger charge is -2.32. The van der Waals surface area contributed by atoms with Gasteiger partial charge in [0.05, 0.1) is 36.9 Å². The molecule has 0 spiro atoms. The van der Waals surface area contributed by atoms with Gasteiger partial charge in [0.2, 0.25) is 11.9 Å². The molecule has 3 aromatic rings. The fourth-order valence-corrected chi connectivity index (χ4v) is 5.20. The van der Waals surface area contributed by atoms with E-state index in [1.807, 2.05) is 12.1 Å². The molecule has 1 amide bonds. The van der Waals surface area contributed by atoms with E-state index in [1.54, 1.807) is 19.4 Å². The number of hydrogen-bond acceptors (Lipinski definition) is 7. The number of carbonyl (C=O) groups excluding carboxylic acids is 1. The number of amides is 1. The average Bonchev–Trinajstić information content (AvgIpc) is 2.89. The van der Waals surface area contributed by atoms with Crippen LogP contribution in [0.15, 0.2) is 37.1 Å². The largest absolute Gasteiger partial charge is 0.496 e. The number of nitrogens with zero attached hydrogens (tertiary/aromatic N) is 2. The van der Waals surface area contributed by atoms with E-state index in [4.69, 9.17) is 42.4 Å². The van der Waals surface area contributed by atoms with E-state index in [0.29, 0.717) is 49.9 Å². The van der Waals surface area contributed by atoms with Crippen molar-refractivity contribution in [2.24, 2.45) is 0 Å². The smallest absolute Gasteiger partial charge is 0.243 e. The Bertz CT molecular complexity index is 1270. The second-order valence-corrected chi connectivity index (χ2v) is 9.20. The average molecular weight is 531 g/mol. The first kappa shape index (κ1) is 25.9. The Balaban J connectivity index is 1.72. The Morgan fingerprint density at radius 2 is 1.64 bits per heavy atom. The number of rotatable bonds is 8. The van der Waals surface area contributed by atoms with Crippen LogP contribution < -0.4 is 24.8 Å². The third kappa shape index (κ3) is 5.15. The molecule has 0 aliphatic heterocycles. The Labute approximate surface area is 220 Å². The SMILES string of the molecule is C=CC(=O)NC1CCCCC1Nc1ncc2cc(-c3c(Cl)c(OC)cc(OC)c3Cl)c(OC)cc2n1. The summed E-state index contributed by atoms with van der Waals surface area (Å²) in [6.07, 6.45) is 6.92. The van der Waals surface area contributed by atoms with Gasteiger partial charge in [-0.25, -0.2) is 9.97 Å². The van der Waals surface area contributed by atoms with Crippen LogP contribution in [0, 0.1) is 0 Å². The van der Waals surface area contributed by atoms with Crippen molar-refractivity contribution >= 4 is 46.0 Å². The number of benzene rings is 2. The van der Waals surface area contributed by atoms with Gasteiger partial charge in [-0.3, -0.25) is 4.79 Å². The summed E-state index contributed by atoms with van der Waals surface area (Å²) in [5.74, 6) is 1.67. The Hall–Kier alpha value is -3.23. The van der Waals surface area contributed by atoms with Crippen LogP contribution in [0.1, 0.15) is 25.7 Å². The fourth-order valence-electron chi connectivity index (χ4n) is 4.50. The van der Waals surface area contributed by atoms with Crippen LogP contribution in [0.4, 0.5) is 5.95 Å². The Morgan fingerprint density at radius 3 is 2.25 bits per heavy atom. The Kier molecular flexibility index (Phi) is 8.06. The van der Waals surface area contributed by atoms with E-state index in [2.05, 4.69) is 22.2 Å².